The van der Waals surface area contributed by atoms with E-state index in [1.807, 2.05) is 0 Å². The lowest BCUT2D eigenvalue weighted by molar-refractivity contribution is -0.275. The third-order valence-electron chi connectivity index (χ3n) is 4.16. The van der Waals surface area contributed by atoms with Gasteiger partial charge in [0.05, 0.1) is 18.7 Å². The SMILES string of the molecule is CCOC(=O)c1cn(C2=NOC(c3cc(Cl)cc(Cl)c3)(C(F)(F)F)C2)nc1C. The van der Waals surface area contributed by atoms with Crippen LogP contribution in [0.15, 0.2) is 29.6 Å². The van der Waals surface area contributed by atoms with Crippen molar-refractivity contribution in [1.29, 1.82) is 0 Å². The summed E-state index contributed by atoms with van der Waals surface area (Å²) in [5.41, 5.74) is -2.65. The highest BCUT2D eigenvalue weighted by Gasteiger charge is 2.62. The van der Waals surface area contributed by atoms with Crippen molar-refractivity contribution >= 4 is 35.0 Å². The monoisotopic (exact) mass is 435 g/mol. The van der Waals surface area contributed by atoms with Gasteiger partial charge in [0.1, 0.15) is 5.56 Å². The van der Waals surface area contributed by atoms with Gasteiger partial charge in [0, 0.05) is 21.8 Å². The van der Waals surface area contributed by atoms with Crippen LogP contribution in [0.2, 0.25) is 10.0 Å². The van der Waals surface area contributed by atoms with Gasteiger partial charge in [-0.1, -0.05) is 28.4 Å². The van der Waals surface area contributed by atoms with Crippen molar-refractivity contribution in [3.05, 3.63) is 51.3 Å². The van der Waals surface area contributed by atoms with Crippen molar-refractivity contribution < 1.29 is 27.5 Å². The van der Waals surface area contributed by atoms with E-state index >= 15 is 0 Å². The summed E-state index contributed by atoms with van der Waals surface area (Å²) >= 11 is 11.7. The highest BCUT2D eigenvalue weighted by molar-refractivity contribution is 6.34. The van der Waals surface area contributed by atoms with E-state index in [2.05, 4.69) is 10.3 Å². The number of hydrogen-bond acceptors (Lipinski definition) is 5. The molecule has 0 aliphatic carbocycles. The molecule has 0 bridgehead atoms. The lowest BCUT2D eigenvalue weighted by Gasteiger charge is -2.29. The van der Waals surface area contributed by atoms with Crippen molar-refractivity contribution in [2.75, 3.05) is 6.61 Å². The molecular formula is C17H14Cl2F3N3O3. The van der Waals surface area contributed by atoms with Crippen molar-refractivity contribution in [3.63, 3.8) is 0 Å². The van der Waals surface area contributed by atoms with Gasteiger partial charge in [-0.3, -0.25) is 0 Å². The Morgan fingerprint density at radius 3 is 2.54 bits per heavy atom. The fourth-order valence-corrected chi connectivity index (χ4v) is 3.33. The third kappa shape index (κ3) is 3.56. The van der Waals surface area contributed by atoms with Crippen molar-refractivity contribution in [1.82, 2.24) is 9.78 Å². The summed E-state index contributed by atoms with van der Waals surface area (Å²) < 4.78 is 47.9. The van der Waals surface area contributed by atoms with Crippen LogP contribution in [0.25, 0.3) is 0 Å². The molecule has 2 aromatic rings. The minimum Gasteiger partial charge on any atom is -0.462 e. The molecule has 1 unspecified atom stereocenters. The number of nitrogens with zero attached hydrogens (tertiary/aromatic N) is 3. The van der Waals surface area contributed by atoms with Crippen molar-refractivity contribution in [3.8, 4) is 0 Å². The first-order valence-corrected chi connectivity index (χ1v) is 8.85. The van der Waals surface area contributed by atoms with E-state index in [0.717, 1.165) is 16.8 Å². The standard InChI is InChI=1S/C17H14Cl2F3N3O3/c1-3-27-15(26)13-8-25(23-9(13)2)14-7-16(28-24-14,17(20,21)22)10-4-11(18)6-12(19)5-10/h4-6,8H,3,7H2,1-2H3. The van der Waals surface area contributed by atoms with Crippen LogP contribution >= 0.6 is 23.2 Å². The highest BCUT2D eigenvalue weighted by Crippen LogP contribution is 2.49. The quantitative estimate of drug-likeness (QED) is 0.654. The Kier molecular flexibility index (Phi) is 5.33. The van der Waals surface area contributed by atoms with Crippen LogP contribution < -0.4 is 0 Å². The van der Waals surface area contributed by atoms with E-state index in [4.69, 9.17) is 32.8 Å². The van der Waals surface area contributed by atoms with Gasteiger partial charge in [-0.25, -0.2) is 9.48 Å². The number of carbonyl (C=O) groups excluding carboxylic acids is 1. The molecule has 1 aliphatic rings. The number of rotatable bonds is 3. The summed E-state index contributed by atoms with van der Waals surface area (Å²) in [7, 11) is 0. The van der Waals surface area contributed by atoms with E-state index in [1.165, 1.54) is 19.2 Å². The molecule has 1 aromatic heterocycles. The molecule has 0 saturated heterocycles. The van der Waals surface area contributed by atoms with Crippen LogP contribution in [0.3, 0.4) is 0 Å². The van der Waals surface area contributed by atoms with E-state index in [-0.39, 0.29) is 39.3 Å². The second-order valence-electron chi connectivity index (χ2n) is 6.05. The summed E-state index contributed by atoms with van der Waals surface area (Å²) in [6.07, 6.45) is -4.25. The average Bonchev–Trinajstić information content (AvgIpc) is 3.18. The number of aromatic nitrogens is 2. The molecule has 0 spiro atoms. The first kappa shape index (κ1) is 20.5. The zero-order chi connectivity index (χ0) is 20.7. The Balaban J connectivity index is 1.98. The Morgan fingerprint density at radius 1 is 1.32 bits per heavy atom. The molecule has 0 fully saturated rings. The van der Waals surface area contributed by atoms with Crippen molar-refractivity contribution in [2.24, 2.45) is 5.16 Å². The normalized spacial score (nSPS) is 19.3. The van der Waals surface area contributed by atoms with Crippen LogP contribution in [0.5, 0.6) is 0 Å². The van der Waals surface area contributed by atoms with E-state index in [9.17, 15) is 18.0 Å². The zero-order valence-corrected chi connectivity index (χ0v) is 16.2. The third-order valence-corrected chi connectivity index (χ3v) is 4.60. The maximum absolute atomic E-state index is 14.0. The predicted octanol–water partition coefficient (Wildman–Crippen LogP) is 4.71. The molecule has 150 valence electrons. The van der Waals surface area contributed by atoms with Crippen molar-refractivity contribution in [2.45, 2.75) is 32.0 Å². The highest BCUT2D eigenvalue weighted by atomic mass is 35.5. The van der Waals surface area contributed by atoms with Gasteiger partial charge in [0.15, 0.2) is 5.84 Å². The van der Waals surface area contributed by atoms with E-state index in [0.29, 0.717) is 0 Å². The first-order valence-electron chi connectivity index (χ1n) is 8.09. The maximum atomic E-state index is 14.0. The molecule has 0 amide bonds. The lowest BCUT2D eigenvalue weighted by atomic mass is 9.89. The molecule has 0 radical (unpaired) electrons. The molecule has 1 aliphatic heterocycles. The van der Waals surface area contributed by atoms with Crippen LogP contribution in [0.4, 0.5) is 13.2 Å². The molecule has 6 nitrogen and oxygen atoms in total. The topological polar surface area (TPSA) is 65.7 Å². The van der Waals surface area contributed by atoms with E-state index < -0.39 is 24.2 Å². The molecule has 1 aromatic carbocycles. The Labute approximate surface area is 167 Å². The van der Waals surface area contributed by atoms with Crippen LogP contribution in [-0.4, -0.2) is 34.4 Å². The molecular weight excluding hydrogens is 422 g/mol. The number of oxime groups is 1. The van der Waals surface area contributed by atoms with Gasteiger partial charge in [0.2, 0.25) is 0 Å². The molecule has 2 heterocycles. The molecule has 1 atom stereocenters. The van der Waals surface area contributed by atoms with Gasteiger partial charge in [-0.2, -0.15) is 18.3 Å². The Morgan fingerprint density at radius 2 is 1.96 bits per heavy atom. The minimum absolute atomic E-state index is 0.0303. The number of carbonyl (C=O) groups is 1. The Hall–Kier alpha value is -2.26. The van der Waals surface area contributed by atoms with Gasteiger partial charge in [-0.05, 0) is 32.0 Å². The summed E-state index contributed by atoms with van der Waals surface area (Å²) in [4.78, 5) is 16.8. The first-order chi connectivity index (χ1) is 13.1. The smallest absolute Gasteiger partial charge is 0.435 e. The number of aryl methyl sites for hydroxylation is 1. The number of ether oxygens (including phenoxy) is 1. The summed E-state index contributed by atoms with van der Waals surface area (Å²) in [6, 6.07) is 3.56. The predicted molar refractivity (Wildman–Crippen MR) is 95.7 cm³/mol. The second-order valence-corrected chi connectivity index (χ2v) is 6.92. The van der Waals surface area contributed by atoms with Gasteiger partial charge >= 0.3 is 12.1 Å². The fourth-order valence-electron chi connectivity index (χ4n) is 2.80. The summed E-state index contributed by atoms with van der Waals surface area (Å²) in [5, 5.41) is 7.70. The van der Waals surface area contributed by atoms with E-state index in [1.54, 1.807) is 6.92 Å². The number of benzene rings is 1. The number of hydrogen-bond donors (Lipinski definition) is 0. The molecule has 3 rings (SSSR count). The van der Waals surface area contributed by atoms with Crippen LogP contribution in [-0.2, 0) is 15.2 Å². The summed E-state index contributed by atoms with van der Waals surface area (Å²) in [6.45, 7) is 3.33. The Bertz CT molecular complexity index is 939. The molecule has 28 heavy (non-hydrogen) atoms. The minimum atomic E-state index is -4.82. The second kappa shape index (κ2) is 7.29. The van der Waals surface area contributed by atoms with Crippen LogP contribution in [0, 0.1) is 6.92 Å². The largest absolute Gasteiger partial charge is 0.462 e. The lowest BCUT2D eigenvalue weighted by Crippen LogP contribution is -2.43. The van der Waals surface area contributed by atoms with Gasteiger partial charge in [0.25, 0.3) is 5.60 Å². The van der Waals surface area contributed by atoms with Gasteiger partial charge in [-0.15, -0.1) is 0 Å². The number of alkyl halides is 3. The number of halogens is 5. The molecule has 0 N–H and O–H groups in total. The summed E-state index contributed by atoms with van der Waals surface area (Å²) in [5.74, 6) is -0.762. The molecule has 11 heteroatoms. The average molecular weight is 436 g/mol. The van der Waals surface area contributed by atoms with Gasteiger partial charge < -0.3 is 9.57 Å². The molecule has 0 saturated carbocycles. The maximum Gasteiger partial charge on any atom is 0.435 e. The number of esters is 1. The van der Waals surface area contributed by atoms with Crippen LogP contribution in [0.1, 0.15) is 35.0 Å². The fraction of sp³-hybridized carbons (Fsp3) is 0.353. The zero-order valence-electron chi connectivity index (χ0n) is 14.7.